The van der Waals surface area contributed by atoms with Crippen molar-refractivity contribution in [2.45, 2.75) is 39.2 Å². The largest absolute Gasteiger partial charge is 0.459 e. The molecule has 0 atom stereocenters. The molecule has 1 aliphatic heterocycles. The number of likely N-dealkylation sites (tertiary alicyclic amines) is 1. The average Bonchev–Trinajstić information content (AvgIpc) is 2.32. The predicted octanol–water partition coefficient (Wildman–Crippen LogP) is 0.477. The average molecular weight is 213 g/mol. The molecule has 0 N–H and O–H groups in total. The molecule has 5 heteroatoms. The van der Waals surface area contributed by atoms with Gasteiger partial charge in [0.05, 0.1) is 0 Å². The van der Waals surface area contributed by atoms with Crippen molar-refractivity contribution in [1.29, 1.82) is 0 Å². The zero-order chi connectivity index (χ0) is 11.6. The van der Waals surface area contributed by atoms with E-state index in [1.807, 2.05) is 0 Å². The number of hydrogen-bond donors (Lipinski definition) is 0. The predicted molar refractivity (Wildman–Crippen MR) is 51.8 cm³/mol. The molecule has 84 valence electrons. The van der Waals surface area contributed by atoms with Crippen LogP contribution in [0.25, 0.3) is 0 Å². The lowest BCUT2D eigenvalue weighted by Crippen LogP contribution is -2.37. The summed E-state index contributed by atoms with van der Waals surface area (Å²) >= 11 is 0. The van der Waals surface area contributed by atoms with E-state index in [4.69, 9.17) is 4.74 Å². The van der Waals surface area contributed by atoms with Gasteiger partial charge in [0.2, 0.25) is 11.8 Å². The van der Waals surface area contributed by atoms with E-state index in [0.29, 0.717) is 0 Å². The quantitative estimate of drug-likeness (QED) is 0.494. The monoisotopic (exact) mass is 213 g/mol. The van der Waals surface area contributed by atoms with E-state index in [2.05, 4.69) is 0 Å². The van der Waals surface area contributed by atoms with E-state index in [9.17, 15) is 14.4 Å². The number of carbonyl (C=O) groups excluding carboxylic acids is 3. The van der Waals surface area contributed by atoms with E-state index in [0.717, 1.165) is 4.90 Å². The second kappa shape index (κ2) is 4.00. The third-order valence-electron chi connectivity index (χ3n) is 1.86. The van der Waals surface area contributed by atoms with Crippen LogP contribution in [0, 0.1) is 0 Å². The molecule has 15 heavy (non-hydrogen) atoms. The van der Waals surface area contributed by atoms with Gasteiger partial charge in [-0.2, -0.15) is 0 Å². The summed E-state index contributed by atoms with van der Waals surface area (Å²) in [5.41, 5.74) is -0.594. The van der Waals surface area contributed by atoms with Gasteiger partial charge in [-0.25, -0.2) is 0 Å². The summed E-state index contributed by atoms with van der Waals surface area (Å²) in [4.78, 5) is 34.7. The summed E-state index contributed by atoms with van der Waals surface area (Å²) in [7, 11) is 0. The van der Waals surface area contributed by atoms with Crippen molar-refractivity contribution < 1.29 is 19.1 Å². The Kier molecular flexibility index (Phi) is 3.12. The third kappa shape index (κ3) is 3.34. The highest BCUT2D eigenvalue weighted by molar-refractivity contribution is 6.04. The van der Waals surface area contributed by atoms with Crippen molar-refractivity contribution in [3.8, 4) is 0 Å². The molecule has 0 aliphatic carbocycles. The molecule has 0 unspecified atom stereocenters. The zero-order valence-corrected chi connectivity index (χ0v) is 9.20. The van der Waals surface area contributed by atoms with Gasteiger partial charge in [-0.05, 0) is 20.8 Å². The van der Waals surface area contributed by atoms with Gasteiger partial charge in [-0.15, -0.1) is 0 Å². The van der Waals surface area contributed by atoms with Crippen LogP contribution < -0.4 is 0 Å². The maximum Gasteiger partial charge on any atom is 0.326 e. The van der Waals surface area contributed by atoms with E-state index in [1.54, 1.807) is 20.8 Å². The summed E-state index contributed by atoms with van der Waals surface area (Å²) < 4.78 is 5.01. The Hall–Kier alpha value is -1.39. The molecule has 0 bridgehead atoms. The minimum absolute atomic E-state index is 0.196. The lowest BCUT2D eigenvalue weighted by Gasteiger charge is -2.21. The highest BCUT2D eigenvalue weighted by Gasteiger charge is 2.31. The first-order chi connectivity index (χ1) is 6.79. The highest BCUT2D eigenvalue weighted by atomic mass is 16.6. The van der Waals surface area contributed by atoms with Crippen LogP contribution >= 0.6 is 0 Å². The van der Waals surface area contributed by atoms with E-state index >= 15 is 0 Å². The Morgan fingerprint density at radius 1 is 1.27 bits per heavy atom. The van der Waals surface area contributed by atoms with Gasteiger partial charge in [0.1, 0.15) is 12.1 Å². The fourth-order valence-corrected chi connectivity index (χ4v) is 1.30. The zero-order valence-electron chi connectivity index (χ0n) is 9.20. The van der Waals surface area contributed by atoms with Gasteiger partial charge < -0.3 is 4.74 Å². The Morgan fingerprint density at radius 3 is 2.13 bits per heavy atom. The summed E-state index contributed by atoms with van der Waals surface area (Å²) in [5.74, 6) is -1.15. The van der Waals surface area contributed by atoms with Crippen molar-refractivity contribution in [1.82, 2.24) is 4.90 Å². The summed E-state index contributed by atoms with van der Waals surface area (Å²) in [6, 6.07) is 0. The van der Waals surface area contributed by atoms with Crippen molar-refractivity contribution in [3.05, 3.63) is 0 Å². The standard InChI is InChI=1S/C10H15NO4/c1-10(2,3)15-9(14)6-11-7(12)4-5-8(11)13/h4-6H2,1-3H3. The number of imide groups is 1. The second-order valence-electron chi connectivity index (χ2n) is 4.46. The SMILES string of the molecule is CC(C)(C)OC(=O)CN1C(=O)CCC1=O. The lowest BCUT2D eigenvalue weighted by molar-refractivity contribution is -0.160. The van der Waals surface area contributed by atoms with E-state index in [-0.39, 0.29) is 31.2 Å². The molecule has 1 saturated heterocycles. The van der Waals surface area contributed by atoms with Crippen LogP contribution in [0.1, 0.15) is 33.6 Å². The summed E-state index contributed by atoms with van der Waals surface area (Å²) in [5, 5.41) is 0. The van der Waals surface area contributed by atoms with Gasteiger partial charge in [-0.1, -0.05) is 0 Å². The molecule has 2 amide bonds. The Labute approximate surface area is 88.4 Å². The van der Waals surface area contributed by atoms with Gasteiger partial charge in [-0.3, -0.25) is 19.3 Å². The molecular formula is C10H15NO4. The Bertz CT molecular complexity index is 287. The summed E-state index contributed by atoms with van der Waals surface area (Å²) in [6.45, 7) is 4.94. The number of rotatable bonds is 2. The van der Waals surface area contributed by atoms with Crippen LogP contribution in [0.2, 0.25) is 0 Å². The number of ether oxygens (including phenoxy) is 1. The van der Waals surface area contributed by atoms with Crippen LogP contribution in [-0.4, -0.2) is 34.8 Å². The third-order valence-corrected chi connectivity index (χ3v) is 1.86. The van der Waals surface area contributed by atoms with Crippen LogP contribution in [-0.2, 0) is 19.1 Å². The summed E-state index contributed by atoms with van der Waals surface area (Å²) in [6.07, 6.45) is 0.392. The van der Waals surface area contributed by atoms with Crippen molar-refractivity contribution in [2.75, 3.05) is 6.54 Å². The van der Waals surface area contributed by atoms with Gasteiger partial charge in [0, 0.05) is 12.8 Å². The first kappa shape index (κ1) is 11.7. The van der Waals surface area contributed by atoms with Crippen molar-refractivity contribution in [3.63, 3.8) is 0 Å². The molecule has 0 aromatic heterocycles. The molecule has 5 nitrogen and oxygen atoms in total. The van der Waals surface area contributed by atoms with E-state index < -0.39 is 11.6 Å². The molecule has 1 rings (SSSR count). The highest BCUT2D eigenvalue weighted by Crippen LogP contribution is 2.13. The molecule has 0 saturated carbocycles. The number of amides is 2. The molecule has 1 fully saturated rings. The molecule has 1 aliphatic rings. The maximum absolute atomic E-state index is 11.3. The van der Waals surface area contributed by atoms with Crippen molar-refractivity contribution >= 4 is 17.8 Å². The Morgan fingerprint density at radius 2 is 1.73 bits per heavy atom. The fourth-order valence-electron chi connectivity index (χ4n) is 1.30. The van der Waals surface area contributed by atoms with E-state index in [1.165, 1.54) is 0 Å². The molecule has 0 aromatic rings. The van der Waals surface area contributed by atoms with Crippen LogP contribution in [0.4, 0.5) is 0 Å². The van der Waals surface area contributed by atoms with Gasteiger partial charge in [0.25, 0.3) is 0 Å². The smallest absolute Gasteiger partial charge is 0.326 e. The van der Waals surface area contributed by atoms with Gasteiger partial charge >= 0.3 is 5.97 Å². The number of nitrogens with zero attached hydrogens (tertiary/aromatic N) is 1. The van der Waals surface area contributed by atoms with Crippen LogP contribution in [0.5, 0.6) is 0 Å². The second-order valence-corrected chi connectivity index (χ2v) is 4.46. The van der Waals surface area contributed by atoms with Crippen molar-refractivity contribution in [2.24, 2.45) is 0 Å². The van der Waals surface area contributed by atoms with Crippen LogP contribution in [0.3, 0.4) is 0 Å². The number of hydrogen-bond acceptors (Lipinski definition) is 4. The molecule has 0 spiro atoms. The molecule has 0 radical (unpaired) electrons. The first-order valence-electron chi connectivity index (χ1n) is 4.84. The Balaban J connectivity index is 2.51. The number of esters is 1. The lowest BCUT2D eigenvalue weighted by atomic mass is 10.2. The van der Waals surface area contributed by atoms with Gasteiger partial charge in [0.15, 0.2) is 0 Å². The minimum Gasteiger partial charge on any atom is -0.459 e. The fraction of sp³-hybridized carbons (Fsp3) is 0.700. The molecular weight excluding hydrogens is 198 g/mol. The van der Waals surface area contributed by atoms with Crippen LogP contribution in [0.15, 0.2) is 0 Å². The minimum atomic E-state index is -0.594. The normalized spacial score (nSPS) is 17.1. The molecule has 0 aromatic carbocycles. The maximum atomic E-state index is 11.3. The number of carbonyl (C=O) groups is 3. The molecule has 1 heterocycles. The first-order valence-corrected chi connectivity index (χ1v) is 4.84. The topological polar surface area (TPSA) is 63.7 Å².